The topological polar surface area (TPSA) is 74.3 Å². The van der Waals surface area contributed by atoms with Gasteiger partial charge in [-0.1, -0.05) is 15.9 Å². The zero-order valence-electron chi connectivity index (χ0n) is 11.0. The fourth-order valence-corrected chi connectivity index (χ4v) is 2.24. The van der Waals surface area contributed by atoms with Gasteiger partial charge >= 0.3 is 0 Å². The summed E-state index contributed by atoms with van der Waals surface area (Å²) in [6.07, 6.45) is 0.720. The summed E-state index contributed by atoms with van der Waals surface area (Å²) < 4.78 is 6.10. The fourth-order valence-electron chi connectivity index (χ4n) is 1.86. The Labute approximate surface area is 125 Å². The number of hydrogen-bond donors (Lipinski definition) is 3. The number of nitrogens with one attached hydrogen (secondary N) is 2. The van der Waals surface area contributed by atoms with Crippen molar-refractivity contribution >= 4 is 32.7 Å². The molecule has 0 spiro atoms. The SMILES string of the molecule is O=C(NCCCOCCO)c1cc2cc(Br)ccc2[nH]1. The fraction of sp³-hybridized carbons (Fsp3) is 0.357. The zero-order chi connectivity index (χ0) is 14.4. The molecule has 0 aliphatic rings. The van der Waals surface area contributed by atoms with Gasteiger partial charge in [-0.05, 0) is 30.7 Å². The summed E-state index contributed by atoms with van der Waals surface area (Å²) in [7, 11) is 0. The minimum absolute atomic E-state index is 0.0248. The van der Waals surface area contributed by atoms with Crippen molar-refractivity contribution in [1.82, 2.24) is 10.3 Å². The molecule has 20 heavy (non-hydrogen) atoms. The minimum atomic E-state index is -0.125. The lowest BCUT2D eigenvalue weighted by molar-refractivity contribution is 0.0866. The highest BCUT2D eigenvalue weighted by molar-refractivity contribution is 9.10. The van der Waals surface area contributed by atoms with Gasteiger partial charge in [-0.2, -0.15) is 0 Å². The number of hydrogen-bond acceptors (Lipinski definition) is 3. The van der Waals surface area contributed by atoms with Gasteiger partial charge in [-0.25, -0.2) is 0 Å². The van der Waals surface area contributed by atoms with Gasteiger partial charge in [-0.15, -0.1) is 0 Å². The molecule has 108 valence electrons. The van der Waals surface area contributed by atoms with E-state index < -0.39 is 0 Å². The molecule has 0 aliphatic carbocycles. The molecular formula is C14H17BrN2O3. The number of H-pyrrole nitrogens is 1. The Morgan fingerprint density at radius 1 is 1.35 bits per heavy atom. The lowest BCUT2D eigenvalue weighted by atomic mass is 10.2. The van der Waals surface area contributed by atoms with Crippen LogP contribution in [0, 0.1) is 0 Å². The van der Waals surface area contributed by atoms with Gasteiger partial charge in [0.05, 0.1) is 13.2 Å². The Kier molecular flexibility index (Phi) is 5.58. The highest BCUT2D eigenvalue weighted by Gasteiger charge is 2.08. The number of carbonyl (C=O) groups is 1. The molecule has 0 aliphatic heterocycles. The Bertz CT molecular complexity index is 583. The van der Waals surface area contributed by atoms with E-state index in [9.17, 15) is 4.79 Å². The molecule has 0 saturated heterocycles. The molecule has 1 amide bonds. The third kappa shape index (κ3) is 4.06. The maximum Gasteiger partial charge on any atom is 0.267 e. The van der Waals surface area contributed by atoms with Crippen LogP contribution in [0.1, 0.15) is 16.9 Å². The number of carbonyl (C=O) groups excluding carboxylic acids is 1. The van der Waals surface area contributed by atoms with E-state index in [2.05, 4.69) is 26.2 Å². The van der Waals surface area contributed by atoms with Crippen LogP contribution in [0.3, 0.4) is 0 Å². The van der Waals surface area contributed by atoms with Crippen LogP contribution in [0.15, 0.2) is 28.7 Å². The largest absolute Gasteiger partial charge is 0.394 e. The van der Waals surface area contributed by atoms with Gasteiger partial charge in [0.2, 0.25) is 0 Å². The predicted molar refractivity (Wildman–Crippen MR) is 80.9 cm³/mol. The number of rotatable bonds is 7. The number of fused-ring (bicyclic) bond motifs is 1. The molecular weight excluding hydrogens is 324 g/mol. The average Bonchev–Trinajstić information content (AvgIpc) is 2.85. The molecule has 0 saturated carbocycles. The molecule has 1 aromatic heterocycles. The molecule has 1 aromatic carbocycles. The maximum atomic E-state index is 12.0. The van der Waals surface area contributed by atoms with Crippen molar-refractivity contribution in [2.75, 3.05) is 26.4 Å². The van der Waals surface area contributed by atoms with Gasteiger partial charge in [0, 0.05) is 28.5 Å². The first kappa shape index (κ1) is 15.0. The number of ether oxygens (including phenoxy) is 1. The second-order valence-corrected chi connectivity index (χ2v) is 5.28. The number of aliphatic hydroxyl groups excluding tert-OH is 1. The van der Waals surface area contributed by atoms with Crippen LogP contribution in [0.25, 0.3) is 10.9 Å². The van der Waals surface area contributed by atoms with E-state index in [4.69, 9.17) is 9.84 Å². The lowest BCUT2D eigenvalue weighted by Crippen LogP contribution is -2.25. The van der Waals surface area contributed by atoms with Crippen molar-refractivity contribution in [3.05, 3.63) is 34.4 Å². The van der Waals surface area contributed by atoms with Crippen molar-refractivity contribution in [3.63, 3.8) is 0 Å². The molecule has 0 fully saturated rings. The second-order valence-electron chi connectivity index (χ2n) is 4.36. The first-order valence-electron chi connectivity index (χ1n) is 6.46. The quantitative estimate of drug-likeness (QED) is 0.675. The molecule has 0 unspecified atom stereocenters. The molecule has 1 heterocycles. The van der Waals surface area contributed by atoms with Crippen molar-refractivity contribution < 1.29 is 14.6 Å². The Morgan fingerprint density at radius 2 is 2.20 bits per heavy atom. The van der Waals surface area contributed by atoms with Crippen LogP contribution < -0.4 is 5.32 Å². The first-order chi connectivity index (χ1) is 9.70. The summed E-state index contributed by atoms with van der Waals surface area (Å²) in [5, 5.41) is 12.4. The lowest BCUT2D eigenvalue weighted by Gasteiger charge is -2.04. The Hall–Kier alpha value is -1.37. The third-order valence-corrected chi connectivity index (χ3v) is 3.31. The van der Waals surface area contributed by atoms with Crippen LogP contribution in [0.5, 0.6) is 0 Å². The number of amides is 1. The summed E-state index contributed by atoms with van der Waals surface area (Å²) in [4.78, 5) is 15.0. The molecule has 6 heteroatoms. The second kappa shape index (κ2) is 7.42. The summed E-state index contributed by atoms with van der Waals surface area (Å²) in [6, 6.07) is 7.65. The molecule has 0 atom stereocenters. The number of aromatic nitrogens is 1. The molecule has 2 rings (SSSR count). The van der Waals surface area contributed by atoms with E-state index in [0.717, 1.165) is 21.8 Å². The van der Waals surface area contributed by atoms with E-state index in [0.29, 0.717) is 25.5 Å². The molecule has 3 N–H and O–H groups in total. The first-order valence-corrected chi connectivity index (χ1v) is 7.25. The average molecular weight is 341 g/mol. The highest BCUT2D eigenvalue weighted by atomic mass is 79.9. The Balaban J connectivity index is 1.85. The Morgan fingerprint density at radius 3 is 3.00 bits per heavy atom. The van der Waals surface area contributed by atoms with Gasteiger partial charge in [0.15, 0.2) is 0 Å². The monoisotopic (exact) mass is 340 g/mol. The smallest absolute Gasteiger partial charge is 0.267 e. The van der Waals surface area contributed by atoms with Crippen LogP contribution in [0.4, 0.5) is 0 Å². The predicted octanol–water partition coefficient (Wildman–Crippen LogP) is 2.06. The highest BCUT2D eigenvalue weighted by Crippen LogP contribution is 2.20. The maximum absolute atomic E-state index is 12.0. The number of aromatic amines is 1. The van der Waals surface area contributed by atoms with E-state index in [-0.39, 0.29) is 12.5 Å². The van der Waals surface area contributed by atoms with Crippen LogP contribution in [-0.2, 0) is 4.74 Å². The molecule has 0 radical (unpaired) electrons. The van der Waals surface area contributed by atoms with Gasteiger partial charge in [-0.3, -0.25) is 4.79 Å². The standard InChI is InChI=1S/C14H17BrN2O3/c15-11-2-3-12-10(8-11)9-13(17-12)14(19)16-4-1-6-20-7-5-18/h2-3,8-9,17-18H,1,4-7H2,(H,16,19). The molecule has 0 bridgehead atoms. The van der Waals surface area contributed by atoms with E-state index in [1.807, 2.05) is 24.3 Å². The molecule has 5 nitrogen and oxygen atoms in total. The van der Waals surface area contributed by atoms with Gasteiger partial charge in [0.25, 0.3) is 5.91 Å². The van der Waals surface area contributed by atoms with E-state index in [1.54, 1.807) is 0 Å². The van der Waals surface area contributed by atoms with Gasteiger partial charge in [0.1, 0.15) is 5.69 Å². The normalized spacial score (nSPS) is 10.9. The van der Waals surface area contributed by atoms with Crippen molar-refractivity contribution in [2.24, 2.45) is 0 Å². The minimum Gasteiger partial charge on any atom is -0.394 e. The number of aliphatic hydroxyl groups is 1. The van der Waals surface area contributed by atoms with Crippen LogP contribution in [0.2, 0.25) is 0 Å². The van der Waals surface area contributed by atoms with Crippen LogP contribution in [-0.4, -0.2) is 42.4 Å². The molecule has 2 aromatic rings. The summed E-state index contributed by atoms with van der Waals surface area (Å²) in [6.45, 7) is 1.44. The number of benzene rings is 1. The van der Waals surface area contributed by atoms with Crippen molar-refractivity contribution in [3.8, 4) is 0 Å². The van der Waals surface area contributed by atoms with Crippen molar-refractivity contribution in [2.45, 2.75) is 6.42 Å². The third-order valence-electron chi connectivity index (χ3n) is 2.81. The number of halogens is 1. The van der Waals surface area contributed by atoms with Gasteiger partial charge < -0.3 is 20.1 Å². The summed E-state index contributed by atoms with van der Waals surface area (Å²) >= 11 is 3.40. The zero-order valence-corrected chi connectivity index (χ0v) is 12.6. The summed E-state index contributed by atoms with van der Waals surface area (Å²) in [5.41, 5.74) is 1.49. The summed E-state index contributed by atoms with van der Waals surface area (Å²) in [5.74, 6) is -0.125. The van der Waals surface area contributed by atoms with E-state index in [1.165, 1.54) is 0 Å². The van der Waals surface area contributed by atoms with Crippen molar-refractivity contribution in [1.29, 1.82) is 0 Å². The van der Waals surface area contributed by atoms with Crippen LogP contribution >= 0.6 is 15.9 Å². The van der Waals surface area contributed by atoms with E-state index >= 15 is 0 Å².